The lowest BCUT2D eigenvalue weighted by atomic mass is 10.1. The summed E-state index contributed by atoms with van der Waals surface area (Å²) in [6, 6.07) is 14.1. The van der Waals surface area contributed by atoms with Crippen LogP contribution >= 0.6 is 0 Å². The maximum atomic E-state index is 5.52. The molecule has 0 spiro atoms. The molecule has 0 saturated carbocycles. The molecule has 7 nitrogen and oxygen atoms in total. The molecule has 1 heterocycles. The van der Waals surface area contributed by atoms with Crippen LogP contribution in [-0.2, 0) is 6.54 Å². The monoisotopic (exact) mass is 426 g/mol. The number of hydrogen-bond donors (Lipinski definition) is 2. The van der Waals surface area contributed by atoms with E-state index in [1.54, 1.807) is 21.3 Å². The number of para-hydroxylation sites is 2. The minimum absolute atomic E-state index is 0.551. The van der Waals surface area contributed by atoms with Crippen molar-refractivity contribution in [1.82, 2.24) is 10.6 Å². The number of hydrogen-bond acceptors (Lipinski definition) is 5. The first-order valence-electron chi connectivity index (χ1n) is 10.8. The summed E-state index contributed by atoms with van der Waals surface area (Å²) >= 11 is 0. The smallest absolute Gasteiger partial charge is 0.191 e. The van der Waals surface area contributed by atoms with Gasteiger partial charge in [-0.25, -0.2) is 4.99 Å². The number of benzene rings is 2. The van der Waals surface area contributed by atoms with E-state index >= 15 is 0 Å². The molecule has 0 bridgehead atoms. The Hall–Kier alpha value is -3.09. The normalized spacial score (nSPS) is 16.2. The highest BCUT2D eigenvalue weighted by Crippen LogP contribution is 2.31. The van der Waals surface area contributed by atoms with Gasteiger partial charge >= 0.3 is 0 Å². The largest absolute Gasteiger partial charge is 0.495 e. The van der Waals surface area contributed by atoms with E-state index in [2.05, 4.69) is 34.6 Å². The van der Waals surface area contributed by atoms with Crippen molar-refractivity contribution in [3.63, 3.8) is 0 Å². The SMILES string of the molecule is CCNC(=NCc1ccc(OC)c(OC)c1)NCC1CCN(c2ccccc2OC)C1. The van der Waals surface area contributed by atoms with Crippen LogP contribution in [0.15, 0.2) is 47.5 Å². The first kappa shape index (κ1) is 22.6. The van der Waals surface area contributed by atoms with Crippen molar-refractivity contribution in [2.75, 3.05) is 52.4 Å². The minimum atomic E-state index is 0.551. The molecule has 0 aromatic heterocycles. The molecule has 168 valence electrons. The summed E-state index contributed by atoms with van der Waals surface area (Å²) in [5, 5.41) is 6.85. The van der Waals surface area contributed by atoms with Crippen molar-refractivity contribution in [1.29, 1.82) is 0 Å². The number of aliphatic imine (C=N–C) groups is 1. The molecule has 0 radical (unpaired) electrons. The van der Waals surface area contributed by atoms with Gasteiger partial charge in [0.2, 0.25) is 0 Å². The molecule has 1 atom stereocenters. The van der Waals surface area contributed by atoms with Gasteiger partial charge in [-0.2, -0.15) is 0 Å². The molecule has 0 amide bonds. The highest BCUT2D eigenvalue weighted by molar-refractivity contribution is 5.79. The summed E-state index contributed by atoms with van der Waals surface area (Å²) in [5.74, 6) is 3.75. The molecule has 1 aliphatic heterocycles. The van der Waals surface area contributed by atoms with Gasteiger partial charge in [-0.15, -0.1) is 0 Å². The molecule has 1 aliphatic rings. The minimum Gasteiger partial charge on any atom is -0.495 e. The van der Waals surface area contributed by atoms with Crippen LogP contribution in [0.2, 0.25) is 0 Å². The van der Waals surface area contributed by atoms with E-state index in [-0.39, 0.29) is 0 Å². The number of nitrogens with one attached hydrogen (secondary N) is 2. The first-order chi connectivity index (χ1) is 15.2. The fraction of sp³-hybridized carbons (Fsp3) is 0.458. The molecule has 3 rings (SSSR count). The van der Waals surface area contributed by atoms with Crippen LogP contribution in [0.5, 0.6) is 17.2 Å². The average Bonchev–Trinajstić information content (AvgIpc) is 3.29. The van der Waals surface area contributed by atoms with Crippen molar-refractivity contribution in [2.45, 2.75) is 19.9 Å². The van der Waals surface area contributed by atoms with Crippen molar-refractivity contribution < 1.29 is 14.2 Å². The molecule has 31 heavy (non-hydrogen) atoms. The van der Waals surface area contributed by atoms with Crippen molar-refractivity contribution in [3.8, 4) is 17.2 Å². The maximum Gasteiger partial charge on any atom is 0.191 e. The van der Waals surface area contributed by atoms with Crippen molar-refractivity contribution >= 4 is 11.6 Å². The molecular weight excluding hydrogens is 392 g/mol. The van der Waals surface area contributed by atoms with E-state index in [0.717, 1.165) is 61.4 Å². The second-order valence-electron chi connectivity index (χ2n) is 7.54. The molecule has 2 aromatic carbocycles. The van der Waals surface area contributed by atoms with Gasteiger partial charge in [-0.05, 0) is 49.1 Å². The van der Waals surface area contributed by atoms with Crippen molar-refractivity contribution in [3.05, 3.63) is 48.0 Å². The molecule has 7 heteroatoms. The van der Waals surface area contributed by atoms with Crippen molar-refractivity contribution in [2.24, 2.45) is 10.9 Å². The van der Waals surface area contributed by atoms with Crippen LogP contribution < -0.4 is 29.7 Å². The summed E-state index contributed by atoms with van der Waals surface area (Å²) < 4.78 is 16.2. The highest BCUT2D eigenvalue weighted by Gasteiger charge is 2.24. The van der Waals surface area contributed by atoms with Gasteiger partial charge in [0.1, 0.15) is 5.75 Å². The molecule has 1 unspecified atom stereocenters. The Morgan fingerprint density at radius 3 is 2.52 bits per heavy atom. The first-order valence-corrected chi connectivity index (χ1v) is 10.8. The Kier molecular flexibility index (Phi) is 8.27. The van der Waals surface area contributed by atoms with Crippen LogP contribution in [0.3, 0.4) is 0 Å². The quantitative estimate of drug-likeness (QED) is 0.474. The summed E-state index contributed by atoms with van der Waals surface area (Å²) in [6.45, 7) is 6.37. The summed E-state index contributed by atoms with van der Waals surface area (Å²) in [6.07, 6.45) is 1.14. The fourth-order valence-electron chi connectivity index (χ4n) is 3.84. The van der Waals surface area contributed by atoms with E-state index in [4.69, 9.17) is 19.2 Å². The number of methoxy groups -OCH3 is 3. The third-order valence-corrected chi connectivity index (χ3v) is 5.48. The van der Waals surface area contributed by atoms with Gasteiger partial charge in [0, 0.05) is 26.2 Å². The van der Waals surface area contributed by atoms with Crippen LogP contribution in [0.1, 0.15) is 18.9 Å². The standard InChI is InChI=1S/C24H34N4O3/c1-5-25-24(26-15-18-10-11-22(30-3)23(14-18)31-4)27-16-19-12-13-28(17-19)20-8-6-7-9-21(20)29-2/h6-11,14,19H,5,12-13,15-17H2,1-4H3,(H2,25,26,27). The zero-order valence-corrected chi connectivity index (χ0v) is 19.0. The second kappa shape index (κ2) is 11.3. The number of rotatable bonds is 9. The maximum absolute atomic E-state index is 5.52. The summed E-state index contributed by atoms with van der Waals surface area (Å²) in [5.41, 5.74) is 2.24. The Morgan fingerprint density at radius 2 is 1.77 bits per heavy atom. The number of nitrogens with zero attached hydrogens (tertiary/aromatic N) is 2. The lowest BCUT2D eigenvalue weighted by molar-refractivity contribution is 0.354. The molecule has 1 saturated heterocycles. The summed E-state index contributed by atoms with van der Waals surface area (Å²) in [4.78, 5) is 7.15. The van der Waals surface area contributed by atoms with E-state index in [9.17, 15) is 0 Å². The molecule has 2 aromatic rings. The predicted molar refractivity (Wildman–Crippen MR) is 126 cm³/mol. The van der Waals surface area contributed by atoms with E-state index in [1.165, 1.54) is 5.69 Å². The Bertz CT molecular complexity index is 872. The third kappa shape index (κ3) is 5.96. The van der Waals surface area contributed by atoms with E-state index in [1.807, 2.05) is 30.3 Å². The second-order valence-corrected chi connectivity index (χ2v) is 7.54. The zero-order valence-electron chi connectivity index (χ0n) is 19.0. The van der Waals surface area contributed by atoms with E-state index in [0.29, 0.717) is 12.5 Å². The van der Waals surface area contributed by atoms with Crippen LogP contribution in [0.4, 0.5) is 5.69 Å². The zero-order chi connectivity index (χ0) is 22.1. The van der Waals surface area contributed by atoms with Gasteiger partial charge < -0.3 is 29.7 Å². The number of anilines is 1. The molecule has 1 fully saturated rings. The van der Waals surface area contributed by atoms with Gasteiger partial charge in [0.05, 0.1) is 33.6 Å². The Labute approximate surface area is 185 Å². The predicted octanol–water partition coefficient (Wildman–Crippen LogP) is 3.29. The van der Waals surface area contributed by atoms with Gasteiger partial charge in [-0.1, -0.05) is 18.2 Å². The molecule has 0 aliphatic carbocycles. The van der Waals surface area contributed by atoms with Gasteiger partial charge in [-0.3, -0.25) is 0 Å². The van der Waals surface area contributed by atoms with E-state index < -0.39 is 0 Å². The molecule has 2 N–H and O–H groups in total. The lowest BCUT2D eigenvalue weighted by Crippen LogP contribution is -2.40. The lowest BCUT2D eigenvalue weighted by Gasteiger charge is -2.21. The Balaban J connectivity index is 1.57. The third-order valence-electron chi connectivity index (χ3n) is 5.48. The van der Waals surface area contributed by atoms with Crippen LogP contribution in [0.25, 0.3) is 0 Å². The van der Waals surface area contributed by atoms with Gasteiger partial charge in [0.15, 0.2) is 17.5 Å². The average molecular weight is 427 g/mol. The summed E-state index contributed by atoms with van der Waals surface area (Å²) in [7, 11) is 5.01. The van der Waals surface area contributed by atoms with Gasteiger partial charge in [0.25, 0.3) is 0 Å². The molecular formula is C24H34N4O3. The topological polar surface area (TPSA) is 67.4 Å². The van der Waals surface area contributed by atoms with Crippen LogP contribution in [0, 0.1) is 5.92 Å². The Morgan fingerprint density at radius 1 is 1.00 bits per heavy atom. The van der Waals surface area contributed by atoms with Crippen LogP contribution in [-0.4, -0.2) is 53.5 Å². The number of guanidine groups is 1. The fourth-order valence-corrected chi connectivity index (χ4v) is 3.84. The number of ether oxygens (including phenoxy) is 3. The highest BCUT2D eigenvalue weighted by atomic mass is 16.5.